The van der Waals surface area contributed by atoms with Crippen molar-refractivity contribution in [2.75, 3.05) is 0 Å². The first-order valence-corrected chi connectivity index (χ1v) is 9.94. The van der Waals surface area contributed by atoms with E-state index in [0.717, 1.165) is 4.57 Å². The van der Waals surface area contributed by atoms with Gasteiger partial charge in [-0.2, -0.15) is 4.98 Å². The first-order chi connectivity index (χ1) is 14.3. The predicted octanol–water partition coefficient (Wildman–Crippen LogP) is 4.23. The van der Waals surface area contributed by atoms with Crippen LogP contribution in [0.5, 0.6) is 11.8 Å². The zero-order chi connectivity index (χ0) is 21.6. The number of rotatable bonds is 4. The summed E-state index contributed by atoms with van der Waals surface area (Å²) in [6, 6.07) is 11.9. The van der Waals surface area contributed by atoms with E-state index in [1.807, 2.05) is 0 Å². The minimum atomic E-state index is -0.542. The molecule has 0 spiro atoms. The second-order valence-corrected chi connectivity index (χ2v) is 7.87. The zero-order valence-electron chi connectivity index (χ0n) is 15.9. The Kier molecular flexibility index (Phi) is 5.36. The van der Waals surface area contributed by atoms with Crippen molar-refractivity contribution in [3.63, 3.8) is 0 Å². The number of halogens is 3. The van der Waals surface area contributed by atoms with E-state index in [1.165, 1.54) is 16.2 Å². The molecule has 2 aromatic heterocycles. The number of aromatic nitrogens is 4. The molecule has 0 aliphatic rings. The van der Waals surface area contributed by atoms with Crippen molar-refractivity contribution in [1.82, 2.24) is 18.7 Å². The normalized spacial score (nSPS) is 11.2. The second kappa shape index (κ2) is 7.83. The van der Waals surface area contributed by atoms with Crippen molar-refractivity contribution in [3.8, 4) is 11.8 Å². The third kappa shape index (κ3) is 3.49. The average molecular weight is 466 g/mol. The Morgan fingerprint density at radius 3 is 2.20 bits per heavy atom. The monoisotopic (exact) mass is 464 g/mol. The first kappa shape index (κ1) is 20.5. The number of fused-ring (bicyclic) bond motifs is 1. The highest BCUT2D eigenvalue weighted by atomic mass is 35.5. The molecule has 0 amide bonds. The van der Waals surface area contributed by atoms with Gasteiger partial charge in [0.2, 0.25) is 0 Å². The Labute approximate surface area is 185 Å². The highest BCUT2D eigenvalue weighted by Gasteiger charge is 2.21. The van der Waals surface area contributed by atoms with Crippen molar-refractivity contribution >= 4 is 46.0 Å². The Morgan fingerprint density at radius 2 is 1.57 bits per heavy atom. The van der Waals surface area contributed by atoms with Crippen molar-refractivity contribution in [3.05, 3.63) is 83.9 Å². The summed E-state index contributed by atoms with van der Waals surface area (Å²) < 4.78 is 9.64. The standard InChI is InChI=1S/C20H15Cl3N4O3/c1-25-16-17(24-19(25)30-12-8-6-11(21)7-9-12)26(2)20(29)27(18(16)28)10-13-14(22)4-3-5-15(13)23/h3-9H,10H2,1-2H3. The van der Waals surface area contributed by atoms with E-state index in [4.69, 9.17) is 39.5 Å². The Morgan fingerprint density at radius 1 is 0.933 bits per heavy atom. The van der Waals surface area contributed by atoms with Gasteiger partial charge in [0.15, 0.2) is 11.2 Å². The molecule has 4 rings (SSSR count). The molecule has 0 aliphatic carbocycles. The number of ether oxygens (including phenoxy) is 1. The third-order valence-corrected chi connectivity index (χ3v) is 5.68. The average Bonchev–Trinajstić information content (AvgIpc) is 3.04. The fourth-order valence-electron chi connectivity index (χ4n) is 3.10. The van der Waals surface area contributed by atoms with Crippen molar-refractivity contribution in [2.45, 2.75) is 6.54 Å². The van der Waals surface area contributed by atoms with Crippen LogP contribution in [0.4, 0.5) is 0 Å². The maximum Gasteiger partial charge on any atom is 0.332 e. The smallest absolute Gasteiger partial charge is 0.332 e. The van der Waals surface area contributed by atoms with E-state index < -0.39 is 11.2 Å². The van der Waals surface area contributed by atoms with Crippen LogP contribution in [-0.2, 0) is 20.6 Å². The number of benzene rings is 2. The van der Waals surface area contributed by atoms with Gasteiger partial charge in [-0.15, -0.1) is 0 Å². The van der Waals surface area contributed by atoms with Crippen LogP contribution in [0.1, 0.15) is 5.56 Å². The van der Waals surface area contributed by atoms with Crippen molar-refractivity contribution in [2.24, 2.45) is 14.1 Å². The van der Waals surface area contributed by atoms with E-state index >= 15 is 0 Å². The summed E-state index contributed by atoms with van der Waals surface area (Å²) in [5.74, 6) is 0.492. The lowest BCUT2D eigenvalue weighted by Crippen LogP contribution is -2.40. The van der Waals surface area contributed by atoms with Gasteiger partial charge in [-0.3, -0.25) is 18.5 Å². The summed E-state index contributed by atoms with van der Waals surface area (Å²) >= 11 is 18.3. The molecule has 4 aromatic rings. The van der Waals surface area contributed by atoms with Gasteiger partial charge < -0.3 is 4.74 Å². The molecule has 0 N–H and O–H groups in total. The zero-order valence-corrected chi connectivity index (χ0v) is 18.2. The fourth-order valence-corrected chi connectivity index (χ4v) is 3.75. The minimum Gasteiger partial charge on any atom is -0.425 e. The van der Waals surface area contributed by atoms with Crippen LogP contribution in [-0.4, -0.2) is 18.7 Å². The van der Waals surface area contributed by atoms with Crippen LogP contribution in [0.25, 0.3) is 11.2 Å². The molecule has 0 saturated heterocycles. The molecule has 0 unspecified atom stereocenters. The van der Waals surface area contributed by atoms with Crippen LogP contribution in [0.3, 0.4) is 0 Å². The molecule has 0 atom stereocenters. The topological polar surface area (TPSA) is 71.1 Å². The number of nitrogens with zero attached hydrogens (tertiary/aromatic N) is 4. The molecular weight excluding hydrogens is 451 g/mol. The molecule has 7 nitrogen and oxygen atoms in total. The maximum atomic E-state index is 13.2. The Hall–Kier alpha value is -2.74. The third-order valence-electron chi connectivity index (χ3n) is 4.72. The molecule has 0 fully saturated rings. The largest absolute Gasteiger partial charge is 0.425 e. The minimum absolute atomic E-state index is 0.0709. The van der Waals surface area contributed by atoms with E-state index in [-0.39, 0.29) is 23.7 Å². The van der Waals surface area contributed by atoms with Crippen LogP contribution in [0, 0.1) is 0 Å². The summed E-state index contributed by atoms with van der Waals surface area (Å²) in [6.07, 6.45) is 0. The lowest BCUT2D eigenvalue weighted by atomic mass is 10.2. The van der Waals surface area contributed by atoms with Crippen LogP contribution < -0.4 is 16.0 Å². The van der Waals surface area contributed by atoms with Crippen LogP contribution in [0.2, 0.25) is 15.1 Å². The van der Waals surface area contributed by atoms with Gasteiger partial charge in [0.1, 0.15) is 5.75 Å². The molecule has 0 aliphatic heterocycles. The van der Waals surface area contributed by atoms with Gasteiger partial charge in [0, 0.05) is 34.7 Å². The molecule has 30 heavy (non-hydrogen) atoms. The number of imidazole rings is 1. The quantitative estimate of drug-likeness (QED) is 0.452. The molecule has 2 aromatic carbocycles. The number of hydrogen-bond donors (Lipinski definition) is 0. The second-order valence-electron chi connectivity index (χ2n) is 6.61. The Balaban J connectivity index is 1.86. The molecule has 10 heteroatoms. The van der Waals surface area contributed by atoms with Gasteiger partial charge in [0.25, 0.3) is 5.56 Å². The van der Waals surface area contributed by atoms with E-state index in [9.17, 15) is 9.59 Å². The van der Waals surface area contributed by atoms with Gasteiger partial charge in [-0.05, 0) is 36.4 Å². The molecule has 2 heterocycles. The van der Waals surface area contributed by atoms with Crippen LogP contribution >= 0.6 is 34.8 Å². The summed E-state index contributed by atoms with van der Waals surface area (Å²) in [4.78, 5) is 30.4. The number of aryl methyl sites for hydroxylation is 2. The fraction of sp³-hybridized carbons (Fsp3) is 0.150. The lowest BCUT2D eigenvalue weighted by molar-refractivity contribution is 0.427. The summed E-state index contributed by atoms with van der Waals surface area (Å²) in [6.45, 7) is -0.0709. The number of hydrogen-bond acceptors (Lipinski definition) is 4. The van der Waals surface area contributed by atoms with Gasteiger partial charge >= 0.3 is 11.7 Å². The summed E-state index contributed by atoms with van der Waals surface area (Å²) in [5, 5.41) is 1.30. The maximum absolute atomic E-state index is 13.2. The Bertz CT molecular complexity index is 1370. The first-order valence-electron chi connectivity index (χ1n) is 8.80. The van der Waals surface area contributed by atoms with E-state index in [2.05, 4.69) is 4.98 Å². The van der Waals surface area contributed by atoms with E-state index in [1.54, 1.807) is 49.5 Å². The van der Waals surface area contributed by atoms with Gasteiger partial charge in [0.05, 0.1) is 6.54 Å². The lowest BCUT2D eigenvalue weighted by Gasteiger charge is -2.11. The molecular formula is C20H15Cl3N4O3. The molecule has 0 bridgehead atoms. The van der Waals surface area contributed by atoms with Crippen molar-refractivity contribution < 1.29 is 4.74 Å². The summed E-state index contributed by atoms with van der Waals surface area (Å²) in [7, 11) is 3.17. The van der Waals surface area contributed by atoms with Gasteiger partial charge in [-0.25, -0.2) is 4.79 Å². The van der Waals surface area contributed by atoms with E-state index in [0.29, 0.717) is 26.4 Å². The highest BCUT2D eigenvalue weighted by Crippen LogP contribution is 2.26. The molecule has 0 radical (unpaired) electrons. The van der Waals surface area contributed by atoms with Crippen LogP contribution in [0.15, 0.2) is 52.1 Å². The molecule has 154 valence electrons. The van der Waals surface area contributed by atoms with Gasteiger partial charge in [-0.1, -0.05) is 40.9 Å². The van der Waals surface area contributed by atoms with Crippen molar-refractivity contribution in [1.29, 1.82) is 0 Å². The SMILES string of the molecule is Cn1c(Oc2ccc(Cl)cc2)nc2c1c(=O)n(Cc1c(Cl)cccc1Cl)c(=O)n2C. The predicted molar refractivity (Wildman–Crippen MR) is 117 cm³/mol. The molecule has 0 saturated carbocycles. The highest BCUT2D eigenvalue weighted by molar-refractivity contribution is 6.36. The summed E-state index contributed by atoms with van der Waals surface area (Å²) in [5.41, 5.74) is -0.161.